The number of unbranched alkanes of at least 4 members (excludes halogenated alkanes) is 2. The normalized spacial score (nSPS) is 30.9. The van der Waals surface area contributed by atoms with Crippen LogP contribution in [-0.4, -0.2) is 71.7 Å². The van der Waals surface area contributed by atoms with E-state index in [0.717, 1.165) is 24.8 Å². The van der Waals surface area contributed by atoms with Gasteiger partial charge in [-0.25, -0.2) is 0 Å². The molecule has 2 bridgehead atoms. The number of likely N-dealkylation sites (tertiary alicyclic amines) is 1. The number of rotatable bonds is 10. The molecule has 1 aromatic rings. The van der Waals surface area contributed by atoms with Gasteiger partial charge in [-0.15, -0.1) is 0 Å². The molecule has 3 N–H and O–H groups in total. The van der Waals surface area contributed by atoms with E-state index in [2.05, 4.69) is 17.6 Å². The summed E-state index contributed by atoms with van der Waals surface area (Å²) in [7, 11) is 1.56. The van der Waals surface area contributed by atoms with Gasteiger partial charge in [0.05, 0.1) is 30.6 Å². The largest absolute Gasteiger partial charge is 0.394 e. The van der Waals surface area contributed by atoms with Crippen LogP contribution in [0.5, 0.6) is 0 Å². The van der Waals surface area contributed by atoms with Crippen molar-refractivity contribution in [1.29, 1.82) is 0 Å². The third kappa shape index (κ3) is 4.04. The molecule has 4 rings (SSSR count). The second-order valence-corrected chi connectivity index (χ2v) is 9.44. The Morgan fingerprint density at radius 1 is 1.24 bits per heavy atom. The molecular formula is C25H35N3O5. The summed E-state index contributed by atoms with van der Waals surface area (Å²) in [5.41, 5.74) is -0.0631. The molecule has 0 saturated carbocycles. The maximum absolute atomic E-state index is 13.9. The molecule has 6 atom stereocenters. The Morgan fingerprint density at radius 2 is 2.00 bits per heavy atom. The molecule has 3 aliphatic rings. The first-order chi connectivity index (χ1) is 16.0. The molecule has 3 fully saturated rings. The Morgan fingerprint density at radius 3 is 2.67 bits per heavy atom. The predicted octanol–water partition coefficient (Wildman–Crippen LogP) is 1.02. The number of hydrogen-bond donors (Lipinski definition) is 3. The first kappa shape index (κ1) is 23.7. The monoisotopic (exact) mass is 457 g/mol. The van der Waals surface area contributed by atoms with Crippen molar-refractivity contribution < 1.29 is 24.2 Å². The molecule has 3 aliphatic heterocycles. The number of nitrogens with one attached hydrogen (secondary N) is 2. The summed E-state index contributed by atoms with van der Waals surface area (Å²) >= 11 is 0. The highest BCUT2D eigenvalue weighted by molar-refractivity contribution is 5.99. The molecule has 1 aromatic carbocycles. The maximum atomic E-state index is 13.9. The van der Waals surface area contributed by atoms with Crippen molar-refractivity contribution in [2.45, 2.75) is 69.2 Å². The number of aliphatic hydroxyl groups excluding tert-OH is 1. The molecule has 3 heterocycles. The summed E-state index contributed by atoms with van der Waals surface area (Å²) in [6, 6.07) is 8.17. The lowest BCUT2D eigenvalue weighted by molar-refractivity contribution is -0.145. The number of amides is 3. The lowest BCUT2D eigenvalue weighted by atomic mass is 9.70. The van der Waals surface area contributed by atoms with Gasteiger partial charge in [0.25, 0.3) is 0 Å². The molecule has 1 spiro atoms. The van der Waals surface area contributed by atoms with Crippen LogP contribution >= 0.6 is 0 Å². The third-order valence-electron chi connectivity index (χ3n) is 7.53. The molecule has 0 aromatic heterocycles. The second kappa shape index (κ2) is 9.81. The Hall–Kier alpha value is -2.45. The van der Waals surface area contributed by atoms with E-state index in [9.17, 15) is 19.5 Å². The van der Waals surface area contributed by atoms with Crippen LogP contribution in [0.1, 0.15) is 44.6 Å². The average Bonchev–Trinajstić information content (AvgIpc) is 3.48. The van der Waals surface area contributed by atoms with Crippen LogP contribution < -0.4 is 10.6 Å². The van der Waals surface area contributed by atoms with Gasteiger partial charge in [-0.05, 0) is 31.2 Å². The van der Waals surface area contributed by atoms with Gasteiger partial charge in [0.15, 0.2) is 0 Å². The zero-order valence-corrected chi connectivity index (χ0v) is 19.5. The van der Waals surface area contributed by atoms with Crippen molar-refractivity contribution in [2.75, 3.05) is 20.2 Å². The zero-order chi connectivity index (χ0) is 23.6. The van der Waals surface area contributed by atoms with Gasteiger partial charge in [0, 0.05) is 13.6 Å². The summed E-state index contributed by atoms with van der Waals surface area (Å²) in [4.78, 5) is 41.7. The van der Waals surface area contributed by atoms with E-state index >= 15 is 0 Å². The number of ether oxygens (including phenoxy) is 1. The van der Waals surface area contributed by atoms with Gasteiger partial charge in [0.2, 0.25) is 17.7 Å². The molecule has 8 nitrogen and oxygen atoms in total. The summed E-state index contributed by atoms with van der Waals surface area (Å²) in [5, 5.41) is 16.0. The Kier molecular flexibility index (Phi) is 7.05. The highest BCUT2D eigenvalue weighted by atomic mass is 16.5. The number of hydrogen-bond acceptors (Lipinski definition) is 5. The van der Waals surface area contributed by atoms with Crippen molar-refractivity contribution in [3.05, 3.63) is 35.9 Å². The van der Waals surface area contributed by atoms with Crippen LogP contribution in [0, 0.1) is 11.8 Å². The van der Waals surface area contributed by atoms with E-state index in [1.54, 1.807) is 7.05 Å². The van der Waals surface area contributed by atoms with Gasteiger partial charge in [-0.1, -0.05) is 50.1 Å². The molecular weight excluding hydrogens is 422 g/mol. The molecule has 3 amide bonds. The van der Waals surface area contributed by atoms with Crippen molar-refractivity contribution in [2.24, 2.45) is 11.8 Å². The maximum Gasteiger partial charge on any atom is 0.245 e. The van der Waals surface area contributed by atoms with E-state index in [-0.39, 0.29) is 30.4 Å². The fourth-order valence-electron chi connectivity index (χ4n) is 6.07. The molecule has 3 saturated heterocycles. The number of carbonyl (C=O) groups excluding carboxylic acids is 3. The van der Waals surface area contributed by atoms with Crippen LogP contribution in [0.15, 0.2) is 30.3 Å². The van der Waals surface area contributed by atoms with Crippen molar-refractivity contribution in [3.63, 3.8) is 0 Å². The van der Waals surface area contributed by atoms with Gasteiger partial charge >= 0.3 is 0 Å². The van der Waals surface area contributed by atoms with E-state index in [1.807, 2.05) is 30.3 Å². The molecule has 33 heavy (non-hydrogen) atoms. The van der Waals surface area contributed by atoms with Crippen LogP contribution in [-0.2, 0) is 25.5 Å². The van der Waals surface area contributed by atoms with Crippen molar-refractivity contribution in [3.8, 4) is 0 Å². The summed E-state index contributed by atoms with van der Waals surface area (Å²) in [6.07, 6.45) is 4.14. The molecule has 8 heteroatoms. The fraction of sp³-hybridized carbons (Fsp3) is 0.640. The average molecular weight is 458 g/mol. The summed E-state index contributed by atoms with van der Waals surface area (Å²) < 4.78 is 6.36. The zero-order valence-electron chi connectivity index (χ0n) is 19.5. The minimum absolute atomic E-state index is 0.229. The van der Waals surface area contributed by atoms with E-state index < -0.39 is 29.5 Å². The first-order valence-electron chi connectivity index (χ1n) is 12.1. The number of aliphatic hydroxyl groups is 1. The lowest BCUT2D eigenvalue weighted by Crippen LogP contribution is -2.58. The minimum atomic E-state index is -1.03. The standard InChI is InChI=1S/C25H35N3O5/c1-3-4-8-13-27-23(31)21-25-12-11-18(33-25)19(22(30)26-2)20(25)24(32)28(21)17(15-29)14-16-9-6-5-7-10-16/h5-7,9-10,17-21,29H,3-4,8,11-15H2,1-2H3,(H,26,30)(H,27,31)/t17-,18-,19+,20+,21?,25?/m1/s1. The molecule has 0 aliphatic carbocycles. The van der Waals surface area contributed by atoms with E-state index in [1.165, 1.54) is 4.90 Å². The van der Waals surface area contributed by atoms with E-state index in [0.29, 0.717) is 25.8 Å². The lowest BCUT2D eigenvalue weighted by Gasteiger charge is -2.36. The summed E-state index contributed by atoms with van der Waals surface area (Å²) in [6.45, 7) is 2.34. The predicted molar refractivity (Wildman–Crippen MR) is 122 cm³/mol. The summed E-state index contributed by atoms with van der Waals surface area (Å²) in [5.74, 6) is -2.09. The quantitative estimate of drug-likeness (QED) is 0.455. The van der Waals surface area contributed by atoms with Crippen LogP contribution in [0.4, 0.5) is 0 Å². The molecule has 0 radical (unpaired) electrons. The van der Waals surface area contributed by atoms with Crippen molar-refractivity contribution in [1.82, 2.24) is 15.5 Å². The number of fused-ring (bicyclic) bond motifs is 1. The number of nitrogens with zero attached hydrogens (tertiary/aromatic N) is 1. The second-order valence-electron chi connectivity index (χ2n) is 9.44. The van der Waals surface area contributed by atoms with Crippen molar-refractivity contribution >= 4 is 17.7 Å². The van der Waals surface area contributed by atoms with Crippen LogP contribution in [0.25, 0.3) is 0 Å². The highest BCUT2D eigenvalue weighted by Gasteiger charge is 2.74. The molecule has 180 valence electrons. The van der Waals surface area contributed by atoms with Crippen LogP contribution in [0.3, 0.4) is 0 Å². The van der Waals surface area contributed by atoms with Gasteiger partial charge in [-0.2, -0.15) is 0 Å². The minimum Gasteiger partial charge on any atom is -0.394 e. The van der Waals surface area contributed by atoms with Gasteiger partial charge < -0.3 is 25.4 Å². The topological polar surface area (TPSA) is 108 Å². The van der Waals surface area contributed by atoms with Gasteiger partial charge in [-0.3, -0.25) is 14.4 Å². The number of benzene rings is 1. The Balaban J connectivity index is 1.68. The van der Waals surface area contributed by atoms with E-state index in [4.69, 9.17) is 4.74 Å². The first-order valence-corrected chi connectivity index (χ1v) is 12.1. The van der Waals surface area contributed by atoms with Gasteiger partial charge in [0.1, 0.15) is 11.6 Å². The van der Waals surface area contributed by atoms with Crippen LogP contribution in [0.2, 0.25) is 0 Å². The highest BCUT2D eigenvalue weighted by Crippen LogP contribution is 2.58. The SMILES string of the molecule is CCCCCNC(=O)C1N([C@@H](CO)Cc2ccccc2)C(=O)[C@@H]2[C@@H](C(=O)NC)[C@H]3CCC12O3. The number of carbonyl (C=O) groups is 3. The Bertz CT molecular complexity index is 878. The third-order valence-corrected chi connectivity index (χ3v) is 7.53. The fourth-order valence-corrected chi connectivity index (χ4v) is 6.07. The Labute approximate surface area is 195 Å². The molecule has 2 unspecified atom stereocenters. The smallest absolute Gasteiger partial charge is 0.245 e.